The highest BCUT2D eigenvalue weighted by Crippen LogP contribution is 2.29. The van der Waals surface area contributed by atoms with E-state index in [1.165, 1.54) is 0 Å². The second kappa shape index (κ2) is 4.14. The summed E-state index contributed by atoms with van der Waals surface area (Å²) in [6.45, 7) is 0.451. The van der Waals surface area contributed by atoms with Crippen molar-refractivity contribution < 1.29 is 19.7 Å². The van der Waals surface area contributed by atoms with Crippen LogP contribution in [0.4, 0.5) is 0 Å². The molecule has 0 saturated carbocycles. The minimum absolute atomic E-state index is 0.129. The Balaban J connectivity index is 2.21. The van der Waals surface area contributed by atoms with Crippen molar-refractivity contribution in [3.8, 4) is 5.75 Å². The monoisotopic (exact) mass is 221 g/mol. The van der Waals surface area contributed by atoms with Crippen LogP contribution in [0.3, 0.4) is 0 Å². The lowest BCUT2D eigenvalue weighted by molar-refractivity contribution is -0.325. The first-order valence-electron chi connectivity index (χ1n) is 5.26. The van der Waals surface area contributed by atoms with Crippen molar-refractivity contribution in [3.05, 3.63) is 29.8 Å². The van der Waals surface area contributed by atoms with Gasteiger partial charge in [0.1, 0.15) is 11.4 Å². The van der Waals surface area contributed by atoms with Gasteiger partial charge in [0.2, 0.25) is 0 Å². The number of benzene rings is 1. The van der Waals surface area contributed by atoms with Gasteiger partial charge in [0.25, 0.3) is 0 Å². The van der Waals surface area contributed by atoms with Crippen LogP contribution in [-0.4, -0.2) is 23.3 Å². The highest BCUT2D eigenvalue weighted by Gasteiger charge is 2.36. The topological polar surface area (TPSA) is 69.6 Å². The van der Waals surface area contributed by atoms with Crippen molar-refractivity contribution >= 4 is 5.97 Å². The van der Waals surface area contributed by atoms with E-state index in [0.29, 0.717) is 13.0 Å². The number of carbonyl (C=O) groups is 1. The molecule has 0 bridgehead atoms. The van der Waals surface area contributed by atoms with Crippen LogP contribution >= 0.6 is 0 Å². The van der Waals surface area contributed by atoms with E-state index in [0.717, 1.165) is 12.0 Å². The molecule has 0 aliphatic carbocycles. The van der Waals surface area contributed by atoms with Crippen molar-refractivity contribution in [2.75, 3.05) is 6.61 Å². The Morgan fingerprint density at radius 2 is 2.38 bits per heavy atom. The fraction of sp³-hybridized carbons (Fsp3) is 0.417. The molecular weight excluding hydrogens is 208 g/mol. The van der Waals surface area contributed by atoms with Gasteiger partial charge in [0, 0.05) is 13.0 Å². The molecule has 1 unspecified atom stereocenters. The molecule has 1 aliphatic rings. The third-order valence-electron chi connectivity index (χ3n) is 2.88. The number of carboxylic acids is 1. The number of rotatable bonds is 3. The molecule has 0 spiro atoms. The van der Waals surface area contributed by atoms with Gasteiger partial charge in [0.05, 0.1) is 5.97 Å². The van der Waals surface area contributed by atoms with Gasteiger partial charge in [-0.15, -0.1) is 0 Å². The molecule has 1 aromatic carbocycles. The Morgan fingerprint density at radius 3 is 2.94 bits per heavy atom. The standard InChI is InChI=1S/C12H14O4/c13-10-4-1-3-9(7-10)8-12(11(14)15)5-2-6-16-12/h1,3-4,7,13H,2,5-6,8H2,(H,14,15)/p-1. The molecule has 1 saturated heterocycles. The first-order valence-corrected chi connectivity index (χ1v) is 5.26. The highest BCUT2D eigenvalue weighted by atomic mass is 16.5. The number of ether oxygens (including phenoxy) is 1. The lowest BCUT2D eigenvalue weighted by Crippen LogP contribution is -2.49. The van der Waals surface area contributed by atoms with Crippen molar-refractivity contribution in [3.63, 3.8) is 0 Å². The third kappa shape index (κ3) is 2.02. The number of phenols is 1. The molecule has 1 atom stereocenters. The number of hydrogen-bond acceptors (Lipinski definition) is 4. The van der Waals surface area contributed by atoms with Crippen LogP contribution in [0.2, 0.25) is 0 Å². The van der Waals surface area contributed by atoms with E-state index in [-0.39, 0.29) is 12.2 Å². The van der Waals surface area contributed by atoms with Gasteiger partial charge >= 0.3 is 0 Å². The second-order valence-electron chi connectivity index (χ2n) is 4.08. The maximum atomic E-state index is 11.1. The van der Waals surface area contributed by atoms with Gasteiger partial charge in [-0.25, -0.2) is 0 Å². The molecule has 0 amide bonds. The van der Waals surface area contributed by atoms with E-state index in [2.05, 4.69) is 0 Å². The van der Waals surface area contributed by atoms with Gasteiger partial charge < -0.3 is 19.7 Å². The number of aromatic hydroxyl groups is 1. The Hall–Kier alpha value is -1.55. The summed E-state index contributed by atoms with van der Waals surface area (Å²) >= 11 is 0. The summed E-state index contributed by atoms with van der Waals surface area (Å²) < 4.78 is 5.30. The molecular formula is C12H13O4-. The van der Waals surface area contributed by atoms with E-state index in [4.69, 9.17) is 4.74 Å². The zero-order valence-electron chi connectivity index (χ0n) is 8.81. The predicted molar refractivity (Wildman–Crippen MR) is 54.7 cm³/mol. The average Bonchev–Trinajstić information content (AvgIpc) is 2.67. The fourth-order valence-electron chi connectivity index (χ4n) is 2.07. The lowest BCUT2D eigenvalue weighted by atomic mass is 9.91. The number of hydrogen-bond donors (Lipinski definition) is 1. The Labute approximate surface area is 93.5 Å². The Bertz CT molecular complexity index is 394. The minimum atomic E-state index is -1.21. The molecule has 1 heterocycles. The molecule has 1 aliphatic heterocycles. The minimum Gasteiger partial charge on any atom is -0.547 e. The molecule has 4 heteroatoms. The summed E-state index contributed by atoms with van der Waals surface area (Å²) in [6, 6.07) is 6.55. The molecule has 0 aromatic heterocycles. The van der Waals surface area contributed by atoms with E-state index in [1.807, 2.05) is 0 Å². The van der Waals surface area contributed by atoms with Crippen LogP contribution < -0.4 is 5.11 Å². The van der Waals surface area contributed by atoms with Crippen LogP contribution in [0.5, 0.6) is 5.75 Å². The summed E-state index contributed by atoms with van der Waals surface area (Å²) in [5, 5.41) is 20.4. The quantitative estimate of drug-likeness (QED) is 0.793. The molecule has 2 rings (SSSR count). The molecule has 4 nitrogen and oxygen atoms in total. The summed E-state index contributed by atoms with van der Waals surface area (Å²) in [6.07, 6.45) is 1.43. The SMILES string of the molecule is O=C([O-])C1(Cc2cccc(O)c2)CCCO1. The van der Waals surface area contributed by atoms with Gasteiger partial charge in [-0.2, -0.15) is 0 Å². The van der Waals surface area contributed by atoms with Gasteiger partial charge in [-0.05, 0) is 30.5 Å². The maximum absolute atomic E-state index is 11.1. The van der Waals surface area contributed by atoms with Crippen LogP contribution in [0.15, 0.2) is 24.3 Å². The molecule has 1 N–H and O–H groups in total. The van der Waals surface area contributed by atoms with Crippen molar-refractivity contribution in [1.29, 1.82) is 0 Å². The number of aliphatic carboxylic acids is 1. The lowest BCUT2D eigenvalue weighted by Gasteiger charge is -2.29. The summed E-state index contributed by atoms with van der Waals surface area (Å²) in [5.41, 5.74) is -0.473. The van der Waals surface area contributed by atoms with Crippen molar-refractivity contribution in [1.82, 2.24) is 0 Å². The van der Waals surface area contributed by atoms with Crippen LogP contribution in [0.1, 0.15) is 18.4 Å². The molecule has 86 valence electrons. The van der Waals surface area contributed by atoms with Crippen LogP contribution in [-0.2, 0) is 16.0 Å². The fourth-order valence-corrected chi connectivity index (χ4v) is 2.07. The summed E-state index contributed by atoms with van der Waals surface area (Å²) in [7, 11) is 0. The summed E-state index contributed by atoms with van der Waals surface area (Å²) in [4.78, 5) is 11.1. The van der Waals surface area contributed by atoms with E-state index in [1.54, 1.807) is 24.3 Å². The van der Waals surface area contributed by atoms with Crippen LogP contribution in [0, 0.1) is 0 Å². The zero-order chi connectivity index (χ0) is 11.6. The van der Waals surface area contributed by atoms with Gasteiger partial charge in [-0.3, -0.25) is 0 Å². The predicted octanol–water partition coefficient (Wildman–Crippen LogP) is 0.234. The largest absolute Gasteiger partial charge is 0.547 e. The first-order chi connectivity index (χ1) is 7.62. The zero-order valence-corrected chi connectivity index (χ0v) is 8.81. The first kappa shape index (κ1) is 11.0. The maximum Gasteiger partial charge on any atom is 0.115 e. The van der Waals surface area contributed by atoms with Crippen molar-refractivity contribution in [2.45, 2.75) is 24.9 Å². The number of phenolic OH excluding ortho intramolecular Hbond substituents is 1. The second-order valence-corrected chi connectivity index (χ2v) is 4.08. The number of carbonyl (C=O) groups excluding carboxylic acids is 1. The van der Waals surface area contributed by atoms with E-state index >= 15 is 0 Å². The van der Waals surface area contributed by atoms with Crippen molar-refractivity contribution in [2.24, 2.45) is 0 Å². The smallest absolute Gasteiger partial charge is 0.115 e. The average molecular weight is 221 g/mol. The highest BCUT2D eigenvalue weighted by molar-refractivity contribution is 5.76. The Kier molecular flexibility index (Phi) is 2.83. The van der Waals surface area contributed by atoms with Crippen LogP contribution in [0.25, 0.3) is 0 Å². The molecule has 1 fully saturated rings. The normalized spacial score (nSPS) is 24.5. The van der Waals surface area contributed by atoms with Gasteiger partial charge in [0.15, 0.2) is 0 Å². The summed E-state index contributed by atoms with van der Waals surface area (Å²) in [5.74, 6) is -1.04. The molecule has 1 aromatic rings. The molecule has 0 radical (unpaired) electrons. The third-order valence-corrected chi connectivity index (χ3v) is 2.88. The molecule has 16 heavy (non-hydrogen) atoms. The van der Waals surface area contributed by atoms with E-state index in [9.17, 15) is 15.0 Å². The van der Waals surface area contributed by atoms with E-state index < -0.39 is 11.6 Å². The van der Waals surface area contributed by atoms with Gasteiger partial charge in [-0.1, -0.05) is 12.1 Å². The Morgan fingerprint density at radius 1 is 1.56 bits per heavy atom. The number of carboxylic acid groups (broad SMARTS) is 1.